The summed E-state index contributed by atoms with van der Waals surface area (Å²) in [4.78, 5) is 27.4. The number of nitrogens with zero attached hydrogens (tertiary/aromatic N) is 4. The SMILES string of the molecule is CC(N=[N+]=[N-])C(=O)N1C(=O)OCC1Cc1ccccc1. The molecule has 0 aromatic heterocycles. The first-order chi connectivity index (χ1) is 9.63. The minimum Gasteiger partial charge on any atom is -0.447 e. The van der Waals surface area contributed by atoms with E-state index in [1.165, 1.54) is 6.92 Å². The Balaban J connectivity index is 2.14. The third-order valence-electron chi connectivity index (χ3n) is 3.09. The number of benzene rings is 1. The summed E-state index contributed by atoms with van der Waals surface area (Å²) in [7, 11) is 0. The van der Waals surface area contributed by atoms with Crippen LogP contribution in [0.25, 0.3) is 10.4 Å². The van der Waals surface area contributed by atoms with Gasteiger partial charge in [0.25, 0.3) is 0 Å². The van der Waals surface area contributed by atoms with E-state index in [1.54, 1.807) is 0 Å². The predicted octanol–water partition coefficient (Wildman–Crippen LogP) is 2.28. The van der Waals surface area contributed by atoms with Gasteiger partial charge in [0, 0.05) is 4.91 Å². The van der Waals surface area contributed by atoms with E-state index in [-0.39, 0.29) is 12.6 Å². The van der Waals surface area contributed by atoms with Crippen molar-refractivity contribution in [2.45, 2.75) is 25.4 Å². The molecule has 1 aliphatic rings. The van der Waals surface area contributed by atoms with E-state index in [4.69, 9.17) is 10.3 Å². The number of cyclic esters (lactones) is 1. The Hall–Kier alpha value is -2.53. The van der Waals surface area contributed by atoms with Crippen molar-refractivity contribution in [3.05, 3.63) is 46.3 Å². The number of rotatable bonds is 4. The molecule has 0 bridgehead atoms. The van der Waals surface area contributed by atoms with E-state index in [0.29, 0.717) is 6.42 Å². The average molecular weight is 274 g/mol. The Bertz CT molecular complexity index is 554. The molecular formula is C13H14N4O3. The van der Waals surface area contributed by atoms with Crippen LogP contribution in [-0.2, 0) is 16.0 Å². The van der Waals surface area contributed by atoms with Crippen molar-refractivity contribution >= 4 is 12.0 Å². The number of ether oxygens (including phenoxy) is 1. The van der Waals surface area contributed by atoms with Gasteiger partial charge in [0.1, 0.15) is 12.6 Å². The molecule has 2 amide bonds. The first-order valence-electron chi connectivity index (χ1n) is 6.21. The van der Waals surface area contributed by atoms with Crippen molar-refractivity contribution in [2.75, 3.05) is 6.61 Å². The topological polar surface area (TPSA) is 95.4 Å². The third kappa shape index (κ3) is 2.89. The van der Waals surface area contributed by atoms with Gasteiger partial charge in [-0.2, -0.15) is 0 Å². The molecule has 1 fully saturated rings. The number of hydrogen-bond acceptors (Lipinski definition) is 4. The zero-order chi connectivity index (χ0) is 14.5. The van der Waals surface area contributed by atoms with E-state index in [0.717, 1.165) is 10.5 Å². The number of imide groups is 1. The molecule has 20 heavy (non-hydrogen) atoms. The van der Waals surface area contributed by atoms with Gasteiger partial charge < -0.3 is 4.74 Å². The highest BCUT2D eigenvalue weighted by atomic mass is 16.6. The summed E-state index contributed by atoms with van der Waals surface area (Å²) >= 11 is 0. The van der Waals surface area contributed by atoms with Crippen molar-refractivity contribution in [1.82, 2.24) is 4.90 Å². The Kier molecular flexibility index (Phi) is 4.22. The van der Waals surface area contributed by atoms with Crippen LogP contribution in [0.4, 0.5) is 4.79 Å². The van der Waals surface area contributed by atoms with Crippen molar-refractivity contribution in [3.63, 3.8) is 0 Å². The van der Waals surface area contributed by atoms with Gasteiger partial charge >= 0.3 is 6.09 Å². The lowest BCUT2D eigenvalue weighted by atomic mass is 10.1. The number of hydrogen-bond donors (Lipinski definition) is 0. The molecule has 2 rings (SSSR count). The number of carbonyl (C=O) groups excluding carboxylic acids is 2. The second kappa shape index (κ2) is 6.08. The summed E-state index contributed by atoms with van der Waals surface area (Å²) in [5, 5.41) is 3.33. The molecule has 7 heteroatoms. The minimum atomic E-state index is -0.927. The zero-order valence-electron chi connectivity index (χ0n) is 11.0. The molecule has 1 heterocycles. The highest BCUT2D eigenvalue weighted by Gasteiger charge is 2.39. The molecule has 2 unspecified atom stereocenters. The smallest absolute Gasteiger partial charge is 0.416 e. The molecule has 1 aromatic rings. The highest BCUT2D eigenvalue weighted by Crippen LogP contribution is 2.19. The van der Waals surface area contributed by atoms with E-state index >= 15 is 0 Å². The van der Waals surface area contributed by atoms with Crippen LogP contribution in [0.3, 0.4) is 0 Å². The predicted molar refractivity (Wildman–Crippen MR) is 70.7 cm³/mol. The molecule has 2 atom stereocenters. The van der Waals surface area contributed by atoms with Gasteiger partial charge in [0.05, 0.1) is 6.04 Å². The molecule has 0 saturated carbocycles. The summed E-state index contributed by atoms with van der Waals surface area (Å²) in [6, 6.07) is 8.22. The van der Waals surface area contributed by atoms with Crippen LogP contribution >= 0.6 is 0 Å². The Morgan fingerprint density at radius 2 is 2.25 bits per heavy atom. The van der Waals surface area contributed by atoms with Crippen LogP contribution in [0.5, 0.6) is 0 Å². The lowest BCUT2D eigenvalue weighted by molar-refractivity contribution is -0.130. The van der Waals surface area contributed by atoms with Crippen molar-refractivity contribution in [3.8, 4) is 0 Å². The summed E-state index contributed by atoms with van der Waals surface area (Å²) < 4.78 is 4.93. The van der Waals surface area contributed by atoms with Crippen LogP contribution in [0.15, 0.2) is 35.4 Å². The first-order valence-corrected chi connectivity index (χ1v) is 6.21. The van der Waals surface area contributed by atoms with Crippen LogP contribution in [-0.4, -0.2) is 35.6 Å². The van der Waals surface area contributed by atoms with Crippen LogP contribution < -0.4 is 0 Å². The molecule has 7 nitrogen and oxygen atoms in total. The molecule has 0 aliphatic carbocycles. The molecule has 1 aliphatic heterocycles. The number of amides is 2. The Morgan fingerprint density at radius 1 is 1.55 bits per heavy atom. The van der Waals surface area contributed by atoms with Crippen LogP contribution in [0.1, 0.15) is 12.5 Å². The number of azide groups is 1. The second-order valence-electron chi connectivity index (χ2n) is 4.51. The monoisotopic (exact) mass is 274 g/mol. The van der Waals surface area contributed by atoms with Gasteiger partial charge in [-0.25, -0.2) is 9.69 Å². The van der Waals surface area contributed by atoms with Gasteiger partial charge in [-0.15, -0.1) is 0 Å². The fourth-order valence-corrected chi connectivity index (χ4v) is 2.10. The minimum absolute atomic E-state index is 0.155. The lowest BCUT2D eigenvalue weighted by Crippen LogP contribution is -2.44. The average Bonchev–Trinajstić information content (AvgIpc) is 2.80. The third-order valence-corrected chi connectivity index (χ3v) is 3.09. The zero-order valence-corrected chi connectivity index (χ0v) is 11.0. The maximum Gasteiger partial charge on any atom is 0.416 e. The molecule has 1 saturated heterocycles. The standard InChI is InChI=1S/C13H14N4O3/c1-9(15-16-14)12(18)17-11(8-20-13(17)19)7-10-5-3-2-4-6-10/h2-6,9,11H,7-8H2,1H3. The van der Waals surface area contributed by atoms with E-state index < -0.39 is 18.0 Å². The quantitative estimate of drug-likeness (QED) is 0.478. The van der Waals surface area contributed by atoms with Crippen molar-refractivity contribution < 1.29 is 14.3 Å². The van der Waals surface area contributed by atoms with E-state index in [2.05, 4.69) is 10.0 Å². The Morgan fingerprint density at radius 3 is 2.90 bits per heavy atom. The van der Waals surface area contributed by atoms with Gasteiger partial charge in [-0.05, 0) is 24.4 Å². The molecule has 0 spiro atoms. The fourth-order valence-electron chi connectivity index (χ4n) is 2.10. The van der Waals surface area contributed by atoms with E-state index in [9.17, 15) is 9.59 Å². The Labute approximate surface area is 115 Å². The highest BCUT2D eigenvalue weighted by molar-refractivity contribution is 5.96. The normalized spacial score (nSPS) is 19.1. The van der Waals surface area contributed by atoms with Gasteiger partial charge in [0.2, 0.25) is 5.91 Å². The maximum absolute atomic E-state index is 12.1. The first kappa shape index (κ1) is 13.9. The van der Waals surface area contributed by atoms with Gasteiger partial charge in [-0.3, -0.25) is 4.79 Å². The molecule has 0 N–H and O–H groups in total. The fraction of sp³-hybridized carbons (Fsp3) is 0.385. The van der Waals surface area contributed by atoms with Crippen LogP contribution in [0.2, 0.25) is 0 Å². The van der Waals surface area contributed by atoms with Crippen molar-refractivity contribution in [2.24, 2.45) is 5.11 Å². The molecular weight excluding hydrogens is 260 g/mol. The molecule has 0 radical (unpaired) electrons. The van der Waals surface area contributed by atoms with Gasteiger partial charge in [0.15, 0.2) is 0 Å². The summed E-state index contributed by atoms with van der Waals surface area (Å²) in [6.45, 7) is 1.61. The molecule has 104 valence electrons. The van der Waals surface area contributed by atoms with Crippen LogP contribution in [0, 0.1) is 0 Å². The lowest BCUT2D eigenvalue weighted by Gasteiger charge is -2.21. The summed E-state index contributed by atoms with van der Waals surface area (Å²) in [5.41, 5.74) is 9.37. The molecule has 1 aromatic carbocycles. The second-order valence-corrected chi connectivity index (χ2v) is 4.51. The summed E-state index contributed by atoms with van der Waals surface area (Å²) in [6.07, 6.45) is -0.169. The largest absolute Gasteiger partial charge is 0.447 e. The summed E-state index contributed by atoms with van der Waals surface area (Å²) in [5.74, 6) is -0.536. The number of carbonyl (C=O) groups is 2. The van der Waals surface area contributed by atoms with Crippen molar-refractivity contribution in [1.29, 1.82) is 0 Å². The maximum atomic E-state index is 12.1. The van der Waals surface area contributed by atoms with E-state index in [1.807, 2.05) is 30.3 Å². The van der Waals surface area contributed by atoms with Gasteiger partial charge in [-0.1, -0.05) is 35.4 Å².